The van der Waals surface area contributed by atoms with Crippen molar-refractivity contribution in [3.05, 3.63) is 0 Å². The maximum absolute atomic E-state index is 11.5. The second-order valence-corrected chi connectivity index (χ2v) is 4.44. The van der Waals surface area contributed by atoms with Gasteiger partial charge in [0, 0.05) is 6.42 Å². The van der Waals surface area contributed by atoms with Crippen molar-refractivity contribution in [1.82, 2.24) is 4.90 Å². The molecule has 0 N–H and O–H groups in total. The van der Waals surface area contributed by atoms with Gasteiger partial charge in [-0.2, -0.15) is 0 Å². The highest BCUT2D eigenvalue weighted by Crippen LogP contribution is 2.31. The highest BCUT2D eigenvalue weighted by atomic mass is 32.2. The third-order valence-corrected chi connectivity index (χ3v) is 2.49. The number of carbonyl (C=O) groups is 2. The maximum Gasteiger partial charge on any atom is 0.236 e. The number of amides is 2. The van der Waals surface area contributed by atoms with E-state index < -0.39 is 5.41 Å². The summed E-state index contributed by atoms with van der Waals surface area (Å²) in [7, 11) is 0. The maximum atomic E-state index is 11.5. The molecule has 0 aromatic rings. The van der Waals surface area contributed by atoms with E-state index in [0.29, 0.717) is 12.3 Å². The molecule has 3 nitrogen and oxygen atoms in total. The minimum Gasteiger partial charge on any atom is -0.274 e. The van der Waals surface area contributed by atoms with E-state index >= 15 is 0 Å². The number of carbonyl (C=O) groups excluding carboxylic acids is 2. The van der Waals surface area contributed by atoms with E-state index in [1.807, 2.05) is 20.1 Å². The van der Waals surface area contributed by atoms with Gasteiger partial charge in [-0.3, -0.25) is 14.5 Å². The van der Waals surface area contributed by atoms with E-state index in [0.717, 1.165) is 0 Å². The second-order valence-electron chi connectivity index (χ2n) is 3.61. The fraction of sp³-hybridized carbons (Fsp3) is 0.750. The zero-order chi connectivity index (χ0) is 9.35. The van der Waals surface area contributed by atoms with Crippen LogP contribution in [0, 0.1) is 5.41 Å². The monoisotopic (exact) mass is 187 g/mol. The summed E-state index contributed by atoms with van der Waals surface area (Å²) < 4.78 is 0. The second kappa shape index (κ2) is 3.09. The fourth-order valence-corrected chi connectivity index (χ4v) is 1.81. The average molecular weight is 187 g/mol. The number of rotatable bonds is 2. The van der Waals surface area contributed by atoms with E-state index in [2.05, 4.69) is 0 Å². The van der Waals surface area contributed by atoms with Crippen molar-refractivity contribution in [3.63, 3.8) is 0 Å². The first-order chi connectivity index (χ1) is 5.49. The van der Waals surface area contributed by atoms with E-state index in [4.69, 9.17) is 0 Å². The van der Waals surface area contributed by atoms with Crippen molar-refractivity contribution in [1.29, 1.82) is 0 Å². The number of hydrogen-bond donors (Lipinski definition) is 0. The largest absolute Gasteiger partial charge is 0.274 e. The molecule has 0 aromatic heterocycles. The molecule has 1 aliphatic heterocycles. The Kier molecular flexibility index (Phi) is 2.46. The number of imide groups is 1. The minimum atomic E-state index is -0.479. The molecule has 1 rings (SSSR count). The van der Waals surface area contributed by atoms with E-state index in [1.165, 1.54) is 16.7 Å². The molecule has 2 amide bonds. The highest BCUT2D eigenvalue weighted by molar-refractivity contribution is 7.98. The van der Waals surface area contributed by atoms with Gasteiger partial charge < -0.3 is 0 Å². The molecule has 68 valence electrons. The summed E-state index contributed by atoms with van der Waals surface area (Å²) in [6.07, 6.45) is 2.23. The van der Waals surface area contributed by atoms with Crippen LogP contribution >= 0.6 is 11.8 Å². The number of nitrogens with zero attached hydrogens (tertiary/aromatic N) is 1. The molecule has 1 saturated heterocycles. The van der Waals surface area contributed by atoms with Gasteiger partial charge in [0.05, 0.1) is 11.3 Å². The molecule has 0 atom stereocenters. The molecule has 1 heterocycles. The molecule has 1 fully saturated rings. The number of likely N-dealkylation sites (tertiary alicyclic amines) is 1. The Labute approximate surface area is 76.5 Å². The molecule has 1 aliphatic rings. The molecular weight excluding hydrogens is 174 g/mol. The molecule has 0 bridgehead atoms. The summed E-state index contributed by atoms with van der Waals surface area (Å²) in [5.41, 5.74) is -0.479. The van der Waals surface area contributed by atoms with Crippen LogP contribution in [0.4, 0.5) is 0 Å². The van der Waals surface area contributed by atoms with E-state index in [9.17, 15) is 9.59 Å². The third kappa shape index (κ3) is 1.48. The third-order valence-electron chi connectivity index (χ3n) is 1.98. The van der Waals surface area contributed by atoms with Gasteiger partial charge >= 0.3 is 0 Å². The first-order valence-corrected chi connectivity index (χ1v) is 5.22. The van der Waals surface area contributed by atoms with Crippen LogP contribution in [0.1, 0.15) is 20.3 Å². The van der Waals surface area contributed by atoms with E-state index in [-0.39, 0.29) is 11.8 Å². The Bertz CT molecular complexity index is 225. The van der Waals surface area contributed by atoms with Crippen LogP contribution in [0.2, 0.25) is 0 Å². The summed E-state index contributed by atoms with van der Waals surface area (Å²) >= 11 is 1.49. The lowest BCUT2D eigenvalue weighted by Gasteiger charge is -2.16. The molecule has 4 heteroatoms. The van der Waals surface area contributed by atoms with Crippen LogP contribution in [0.3, 0.4) is 0 Å². The van der Waals surface area contributed by atoms with Crippen molar-refractivity contribution in [2.75, 3.05) is 12.1 Å². The topological polar surface area (TPSA) is 37.4 Å². The van der Waals surface area contributed by atoms with Gasteiger partial charge in [0.15, 0.2) is 0 Å². The van der Waals surface area contributed by atoms with Gasteiger partial charge in [0.1, 0.15) is 0 Å². The first kappa shape index (κ1) is 9.58. The fourth-order valence-electron chi connectivity index (χ4n) is 1.29. The molecular formula is C8H13NO2S. The first-order valence-electron chi connectivity index (χ1n) is 3.83. The summed E-state index contributed by atoms with van der Waals surface area (Å²) in [5, 5.41) is 0. The van der Waals surface area contributed by atoms with Crippen LogP contribution in [0.25, 0.3) is 0 Å². The predicted octanol–water partition coefficient (Wildman–Crippen LogP) is 1.09. The van der Waals surface area contributed by atoms with Gasteiger partial charge in [-0.25, -0.2) is 0 Å². The summed E-state index contributed by atoms with van der Waals surface area (Å²) in [6.45, 7) is 3.63. The van der Waals surface area contributed by atoms with Crippen molar-refractivity contribution in [2.24, 2.45) is 5.41 Å². The summed E-state index contributed by atoms with van der Waals surface area (Å²) in [5.74, 6) is 0.405. The molecule has 12 heavy (non-hydrogen) atoms. The zero-order valence-corrected chi connectivity index (χ0v) is 8.40. The Morgan fingerprint density at radius 1 is 1.50 bits per heavy atom. The van der Waals surface area contributed by atoms with E-state index in [1.54, 1.807) is 0 Å². The lowest BCUT2D eigenvalue weighted by atomic mass is 9.92. The van der Waals surface area contributed by atoms with Gasteiger partial charge in [-0.1, -0.05) is 13.8 Å². The quantitative estimate of drug-likeness (QED) is 0.607. The number of hydrogen-bond acceptors (Lipinski definition) is 3. The zero-order valence-electron chi connectivity index (χ0n) is 7.59. The predicted molar refractivity (Wildman–Crippen MR) is 48.6 cm³/mol. The smallest absolute Gasteiger partial charge is 0.236 e. The molecule has 0 aliphatic carbocycles. The molecule has 0 aromatic carbocycles. The highest BCUT2D eigenvalue weighted by Gasteiger charge is 2.44. The van der Waals surface area contributed by atoms with Crippen LogP contribution in [-0.4, -0.2) is 28.8 Å². The Morgan fingerprint density at radius 2 is 2.08 bits per heavy atom. The van der Waals surface area contributed by atoms with Crippen LogP contribution in [-0.2, 0) is 9.59 Å². The van der Waals surface area contributed by atoms with Crippen LogP contribution in [0.15, 0.2) is 0 Å². The SMILES string of the molecule is CSCN1C(=O)CC(C)(C)C1=O. The molecule has 0 saturated carbocycles. The van der Waals surface area contributed by atoms with Gasteiger partial charge in [0.25, 0.3) is 0 Å². The minimum absolute atomic E-state index is 0.0400. The van der Waals surface area contributed by atoms with Gasteiger partial charge in [-0.15, -0.1) is 11.8 Å². The normalized spacial score (nSPS) is 22.1. The molecule has 0 unspecified atom stereocenters. The van der Waals surface area contributed by atoms with Crippen molar-refractivity contribution in [3.8, 4) is 0 Å². The summed E-state index contributed by atoms with van der Waals surface area (Å²) in [6, 6.07) is 0. The van der Waals surface area contributed by atoms with Crippen molar-refractivity contribution >= 4 is 23.6 Å². The average Bonchev–Trinajstić information content (AvgIpc) is 2.13. The Hall–Kier alpha value is -0.510. The summed E-state index contributed by atoms with van der Waals surface area (Å²) in [4.78, 5) is 24.1. The number of thioether (sulfide) groups is 1. The lowest BCUT2D eigenvalue weighted by molar-refractivity contribution is -0.139. The van der Waals surface area contributed by atoms with Gasteiger partial charge in [0.2, 0.25) is 11.8 Å². The Balaban J connectivity index is 2.78. The van der Waals surface area contributed by atoms with Crippen molar-refractivity contribution < 1.29 is 9.59 Å². The van der Waals surface area contributed by atoms with Crippen LogP contribution in [0.5, 0.6) is 0 Å². The van der Waals surface area contributed by atoms with Crippen LogP contribution < -0.4 is 0 Å². The van der Waals surface area contributed by atoms with Crippen molar-refractivity contribution in [2.45, 2.75) is 20.3 Å². The molecule has 0 spiro atoms. The van der Waals surface area contributed by atoms with Gasteiger partial charge in [-0.05, 0) is 6.26 Å². The standard InChI is InChI=1S/C8H13NO2S/c1-8(2)4-6(10)9(5-12-3)7(8)11/h4-5H2,1-3H3. The Morgan fingerprint density at radius 3 is 2.42 bits per heavy atom. The molecule has 0 radical (unpaired) electrons. The lowest BCUT2D eigenvalue weighted by Crippen LogP contribution is -2.32.